The normalized spacial score (nSPS) is 12.7. The molecule has 0 bridgehead atoms. The lowest BCUT2D eigenvalue weighted by Crippen LogP contribution is -2.39. The monoisotopic (exact) mass is 275 g/mol. The fourth-order valence-corrected chi connectivity index (χ4v) is 1.76. The highest BCUT2D eigenvalue weighted by atomic mass is 16.2. The van der Waals surface area contributed by atoms with Crippen LogP contribution >= 0.6 is 0 Å². The predicted molar refractivity (Wildman–Crippen MR) is 78.7 cm³/mol. The lowest BCUT2D eigenvalue weighted by Gasteiger charge is -2.13. The van der Waals surface area contributed by atoms with Gasteiger partial charge < -0.3 is 10.6 Å². The summed E-state index contributed by atoms with van der Waals surface area (Å²) in [6.45, 7) is 8.59. The number of aryl methyl sites for hydroxylation is 1. The van der Waals surface area contributed by atoms with Gasteiger partial charge in [-0.2, -0.15) is 4.98 Å². The highest BCUT2D eigenvalue weighted by Gasteiger charge is 2.14. The molecule has 0 radical (unpaired) electrons. The van der Waals surface area contributed by atoms with Gasteiger partial charge in [-0.25, -0.2) is 4.52 Å². The topological polar surface area (TPSA) is 71.3 Å². The Hall–Kier alpha value is -2.11. The van der Waals surface area contributed by atoms with Crippen LogP contribution in [0.15, 0.2) is 18.3 Å². The molecule has 0 fully saturated rings. The number of nitrogens with one attached hydrogen (secondary N) is 2. The summed E-state index contributed by atoms with van der Waals surface area (Å²) in [5.41, 5.74) is 1.89. The van der Waals surface area contributed by atoms with Gasteiger partial charge in [0, 0.05) is 12.7 Å². The molecule has 1 atom stereocenters. The molecule has 2 aromatic heterocycles. The van der Waals surface area contributed by atoms with Crippen molar-refractivity contribution in [2.45, 2.75) is 33.7 Å². The number of rotatable bonds is 5. The Morgan fingerprint density at radius 2 is 2.15 bits per heavy atom. The smallest absolute Gasteiger partial charge is 0.243 e. The highest BCUT2D eigenvalue weighted by molar-refractivity contribution is 5.83. The molecule has 0 aliphatic carbocycles. The van der Waals surface area contributed by atoms with Crippen LogP contribution in [0.3, 0.4) is 0 Å². The van der Waals surface area contributed by atoms with E-state index in [2.05, 4.69) is 34.6 Å². The van der Waals surface area contributed by atoms with Crippen molar-refractivity contribution in [3.05, 3.63) is 23.9 Å². The zero-order valence-corrected chi connectivity index (χ0v) is 12.3. The SMILES string of the molecule is Cc1ccn2nc(NC(C)C(=O)NCC(C)C)nc2c1. The number of aromatic nitrogens is 3. The summed E-state index contributed by atoms with van der Waals surface area (Å²) in [6.07, 6.45) is 1.85. The van der Waals surface area contributed by atoms with Crippen LogP contribution in [0.2, 0.25) is 0 Å². The number of anilines is 1. The number of hydrogen-bond acceptors (Lipinski definition) is 4. The quantitative estimate of drug-likeness (QED) is 0.869. The molecule has 0 aliphatic heterocycles. The van der Waals surface area contributed by atoms with Crippen molar-refractivity contribution in [3.63, 3.8) is 0 Å². The minimum absolute atomic E-state index is 0.0475. The van der Waals surface area contributed by atoms with Gasteiger partial charge in [0.25, 0.3) is 0 Å². The summed E-state index contributed by atoms with van der Waals surface area (Å²) in [6, 6.07) is 3.54. The van der Waals surface area contributed by atoms with E-state index in [0.717, 1.165) is 11.2 Å². The molecular weight excluding hydrogens is 254 g/mol. The van der Waals surface area contributed by atoms with Crippen LogP contribution in [-0.2, 0) is 4.79 Å². The van der Waals surface area contributed by atoms with Crippen molar-refractivity contribution in [3.8, 4) is 0 Å². The van der Waals surface area contributed by atoms with Gasteiger partial charge in [-0.3, -0.25) is 4.79 Å². The summed E-state index contributed by atoms with van der Waals surface area (Å²) >= 11 is 0. The Morgan fingerprint density at radius 1 is 1.40 bits per heavy atom. The van der Waals surface area contributed by atoms with Crippen LogP contribution in [0.5, 0.6) is 0 Å². The highest BCUT2D eigenvalue weighted by Crippen LogP contribution is 2.08. The molecule has 0 spiro atoms. The number of hydrogen-bond donors (Lipinski definition) is 2. The van der Waals surface area contributed by atoms with E-state index >= 15 is 0 Å². The van der Waals surface area contributed by atoms with Gasteiger partial charge >= 0.3 is 0 Å². The summed E-state index contributed by atoms with van der Waals surface area (Å²) in [5, 5.41) is 10.2. The molecular formula is C14H21N5O. The van der Waals surface area contributed by atoms with Crippen molar-refractivity contribution in [2.24, 2.45) is 5.92 Å². The van der Waals surface area contributed by atoms with Gasteiger partial charge in [0.05, 0.1) is 0 Å². The third-order valence-corrected chi connectivity index (χ3v) is 2.92. The first-order chi connectivity index (χ1) is 9.45. The maximum Gasteiger partial charge on any atom is 0.243 e. The maximum absolute atomic E-state index is 11.9. The molecule has 0 saturated heterocycles. The number of fused-ring (bicyclic) bond motifs is 1. The van der Waals surface area contributed by atoms with Crippen LogP contribution in [0.1, 0.15) is 26.3 Å². The molecule has 0 saturated carbocycles. The fourth-order valence-electron chi connectivity index (χ4n) is 1.76. The Kier molecular flexibility index (Phi) is 4.22. The number of amides is 1. The summed E-state index contributed by atoms with van der Waals surface area (Å²) in [5.74, 6) is 0.846. The number of carbonyl (C=O) groups is 1. The Labute approximate surface area is 118 Å². The van der Waals surface area contributed by atoms with Crippen molar-refractivity contribution >= 4 is 17.5 Å². The van der Waals surface area contributed by atoms with Crippen molar-refractivity contribution in [1.29, 1.82) is 0 Å². The third-order valence-electron chi connectivity index (χ3n) is 2.92. The second-order valence-corrected chi connectivity index (χ2v) is 5.45. The van der Waals surface area contributed by atoms with E-state index in [1.54, 1.807) is 11.4 Å². The molecule has 2 aromatic rings. The maximum atomic E-state index is 11.9. The van der Waals surface area contributed by atoms with E-state index in [-0.39, 0.29) is 11.9 Å². The minimum Gasteiger partial charge on any atom is -0.354 e. The first kappa shape index (κ1) is 14.3. The summed E-state index contributed by atoms with van der Waals surface area (Å²) < 4.78 is 1.69. The Bertz CT molecular complexity index is 605. The van der Waals surface area contributed by atoms with Gasteiger partial charge in [0.1, 0.15) is 6.04 Å². The molecule has 2 heterocycles. The van der Waals surface area contributed by atoms with Crippen molar-refractivity contribution in [2.75, 3.05) is 11.9 Å². The lowest BCUT2D eigenvalue weighted by molar-refractivity contribution is -0.121. The minimum atomic E-state index is -0.368. The van der Waals surface area contributed by atoms with Crippen molar-refractivity contribution in [1.82, 2.24) is 19.9 Å². The largest absolute Gasteiger partial charge is 0.354 e. The Morgan fingerprint density at radius 3 is 2.85 bits per heavy atom. The van der Waals surface area contributed by atoms with Crippen LogP contribution in [0, 0.1) is 12.8 Å². The standard InChI is InChI=1S/C14H21N5O/c1-9(2)8-15-13(20)11(4)16-14-17-12-7-10(3)5-6-19(12)18-14/h5-7,9,11H,8H2,1-4H3,(H,15,20)(H,16,18). The van der Waals surface area contributed by atoms with Crippen LogP contribution in [-0.4, -0.2) is 33.1 Å². The molecule has 108 valence electrons. The molecule has 20 heavy (non-hydrogen) atoms. The van der Waals surface area contributed by atoms with E-state index in [1.165, 1.54) is 0 Å². The molecule has 1 unspecified atom stereocenters. The summed E-state index contributed by atoms with van der Waals surface area (Å²) in [7, 11) is 0. The first-order valence-electron chi connectivity index (χ1n) is 6.83. The second kappa shape index (κ2) is 5.90. The van der Waals surface area contributed by atoms with Crippen LogP contribution < -0.4 is 10.6 Å². The van der Waals surface area contributed by atoms with Gasteiger partial charge in [-0.05, 0) is 37.5 Å². The second-order valence-electron chi connectivity index (χ2n) is 5.45. The van der Waals surface area contributed by atoms with Gasteiger partial charge in [-0.15, -0.1) is 5.10 Å². The van der Waals surface area contributed by atoms with E-state index < -0.39 is 0 Å². The number of nitrogens with zero attached hydrogens (tertiary/aromatic N) is 3. The molecule has 2 rings (SSSR count). The zero-order valence-electron chi connectivity index (χ0n) is 12.3. The summed E-state index contributed by atoms with van der Waals surface area (Å²) in [4.78, 5) is 16.2. The average molecular weight is 275 g/mol. The first-order valence-corrected chi connectivity index (χ1v) is 6.83. The number of carbonyl (C=O) groups excluding carboxylic acids is 1. The van der Waals surface area contributed by atoms with Gasteiger partial charge in [-0.1, -0.05) is 13.8 Å². The zero-order chi connectivity index (χ0) is 14.7. The van der Waals surface area contributed by atoms with E-state index in [1.807, 2.05) is 25.3 Å². The molecule has 1 amide bonds. The van der Waals surface area contributed by atoms with E-state index in [0.29, 0.717) is 18.4 Å². The van der Waals surface area contributed by atoms with E-state index in [9.17, 15) is 4.79 Å². The predicted octanol–water partition coefficient (Wildman–Crippen LogP) is 1.61. The molecule has 6 heteroatoms. The van der Waals surface area contributed by atoms with Gasteiger partial charge in [0.2, 0.25) is 11.9 Å². The van der Waals surface area contributed by atoms with Crippen LogP contribution in [0.4, 0.5) is 5.95 Å². The number of pyridine rings is 1. The molecule has 2 N–H and O–H groups in total. The lowest BCUT2D eigenvalue weighted by atomic mass is 10.2. The van der Waals surface area contributed by atoms with Crippen LogP contribution in [0.25, 0.3) is 5.65 Å². The third kappa shape index (κ3) is 3.46. The van der Waals surface area contributed by atoms with Crippen molar-refractivity contribution < 1.29 is 4.79 Å². The molecule has 0 aromatic carbocycles. The fraction of sp³-hybridized carbons (Fsp3) is 0.500. The van der Waals surface area contributed by atoms with Gasteiger partial charge in [0.15, 0.2) is 5.65 Å². The molecule has 0 aliphatic rings. The average Bonchev–Trinajstić information content (AvgIpc) is 2.76. The Balaban J connectivity index is 2.02. The van der Waals surface area contributed by atoms with E-state index in [4.69, 9.17) is 0 Å². The molecule has 6 nitrogen and oxygen atoms in total.